The number of para-hydroxylation sites is 1. The second-order valence-electron chi connectivity index (χ2n) is 7.74. The number of hydrogen-bond acceptors (Lipinski definition) is 2. The molecule has 0 aliphatic carbocycles. The summed E-state index contributed by atoms with van der Waals surface area (Å²) in [5.41, 5.74) is 2.04. The molecule has 1 atom stereocenters. The zero-order valence-corrected chi connectivity index (χ0v) is 16.3. The first kappa shape index (κ1) is 19.5. The molecule has 0 spiro atoms. The van der Waals surface area contributed by atoms with Crippen molar-refractivity contribution in [1.29, 1.82) is 0 Å². The molecule has 25 heavy (non-hydrogen) atoms. The Morgan fingerprint density at radius 2 is 1.80 bits per heavy atom. The maximum Gasteiger partial charge on any atom is 0.239 e. The quantitative estimate of drug-likeness (QED) is 0.820. The third-order valence-electron chi connectivity index (χ3n) is 5.28. The minimum Gasteiger partial charge on any atom is -0.342 e. The van der Waals surface area contributed by atoms with E-state index in [4.69, 9.17) is 0 Å². The number of likely N-dealkylation sites (tertiary alicyclic amines) is 1. The summed E-state index contributed by atoms with van der Waals surface area (Å²) in [5.74, 6) is 0.221. The molecule has 1 aromatic rings. The first-order chi connectivity index (χ1) is 11.8. The number of benzene rings is 1. The highest BCUT2D eigenvalue weighted by molar-refractivity contribution is 6.10. The molecule has 138 valence electrons. The molecular formula is C21H32N2O2. The summed E-state index contributed by atoms with van der Waals surface area (Å²) in [6.07, 6.45) is 3.87. The smallest absolute Gasteiger partial charge is 0.239 e. The first-order valence-electron chi connectivity index (χ1n) is 9.52. The van der Waals surface area contributed by atoms with E-state index in [9.17, 15) is 9.59 Å². The Balaban J connectivity index is 2.20. The summed E-state index contributed by atoms with van der Waals surface area (Å²) < 4.78 is 0. The monoisotopic (exact) mass is 344 g/mol. The number of nitrogens with zero attached hydrogens (tertiary/aromatic N) is 1. The van der Waals surface area contributed by atoms with E-state index >= 15 is 0 Å². The lowest BCUT2D eigenvalue weighted by atomic mass is 9.88. The van der Waals surface area contributed by atoms with Crippen LogP contribution in [-0.4, -0.2) is 29.8 Å². The Bertz CT molecular complexity index is 615. The number of aryl methyl sites for hydroxylation is 2. The second-order valence-corrected chi connectivity index (χ2v) is 7.74. The Morgan fingerprint density at radius 1 is 1.20 bits per heavy atom. The van der Waals surface area contributed by atoms with Gasteiger partial charge in [0.25, 0.3) is 0 Å². The molecule has 4 nitrogen and oxygen atoms in total. The Labute approximate surface area is 152 Å². The SMILES string of the molecule is CCc1cccc(CC)c1NC(=O)C(C)(C)C(=O)N1CCCC(C)C1. The van der Waals surface area contributed by atoms with Crippen molar-refractivity contribution >= 4 is 17.5 Å². The molecule has 0 bridgehead atoms. The van der Waals surface area contributed by atoms with Crippen molar-refractivity contribution in [2.45, 2.75) is 60.3 Å². The van der Waals surface area contributed by atoms with Gasteiger partial charge in [0, 0.05) is 18.8 Å². The molecule has 0 aromatic heterocycles. The minimum atomic E-state index is -1.07. The Hall–Kier alpha value is -1.84. The molecule has 1 fully saturated rings. The molecule has 2 amide bonds. The van der Waals surface area contributed by atoms with E-state index < -0.39 is 5.41 Å². The highest BCUT2D eigenvalue weighted by Gasteiger charge is 2.40. The van der Waals surface area contributed by atoms with E-state index in [-0.39, 0.29) is 11.8 Å². The maximum atomic E-state index is 13.0. The van der Waals surface area contributed by atoms with E-state index in [1.807, 2.05) is 23.1 Å². The van der Waals surface area contributed by atoms with Gasteiger partial charge < -0.3 is 10.2 Å². The zero-order chi connectivity index (χ0) is 18.6. The predicted molar refractivity (Wildman–Crippen MR) is 103 cm³/mol. The van der Waals surface area contributed by atoms with Crippen LogP contribution in [0.1, 0.15) is 58.6 Å². The maximum absolute atomic E-state index is 13.0. The first-order valence-corrected chi connectivity index (χ1v) is 9.52. The normalized spacial score (nSPS) is 18.1. The van der Waals surface area contributed by atoms with Crippen LogP contribution >= 0.6 is 0 Å². The molecule has 1 unspecified atom stereocenters. The van der Waals surface area contributed by atoms with Crippen LogP contribution in [0.2, 0.25) is 0 Å². The fourth-order valence-electron chi connectivity index (χ4n) is 3.54. The molecule has 0 radical (unpaired) electrons. The van der Waals surface area contributed by atoms with Crippen LogP contribution in [0, 0.1) is 11.3 Å². The van der Waals surface area contributed by atoms with Crippen LogP contribution < -0.4 is 5.32 Å². The van der Waals surface area contributed by atoms with Gasteiger partial charge in [-0.05, 0) is 56.6 Å². The van der Waals surface area contributed by atoms with Crippen LogP contribution in [0.4, 0.5) is 5.69 Å². The number of hydrogen-bond donors (Lipinski definition) is 1. The number of carbonyl (C=O) groups is 2. The van der Waals surface area contributed by atoms with Gasteiger partial charge in [-0.1, -0.05) is 39.0 Å². The van der Waals surface area contributed by atoms with Crippen molar-refractivity contribution < 1.29 is 9.59 Å². The molecule has 1 saturated heterocycles. The van der Waals surface area contributed by atoms with Gasteiger partial charge in [0.15, 0.2) is 0 Å². The molecular weight excluding hydrogens is 312 g/mol. The fraction of sp³-hybridized carbons (Fsp3) is 0.619. The highest BCUT2D eigenvalue weighted by Crippen LogP contribution is 2.28. The lowest BCUT2D eigenvalue weighted by molar-refractivity contribution is -0.147. The molecule has 0 saturated carbocycles. The third kappa shape index (κ3) is 4.23. The number of rotatable bonds is 5. The summed E-state index contributed by atoms with van der Waals surface area (Å²) in [4.78, 5) is 27.8. The highest BCUT2D eigenvalue weighted by atomic mass is 16.2. The Morgan fingerprint density at radius 3 is 2.32 bits per heavy atom. The van der Waals surface area contributed by atoms with Crippen molar-refractivity contribution in [1.82, 2.24) is 4.90 Å². The van der Waals surface area contributed by atoms with Crippen molar-refractivity contribution in [2.75, 3.05) is 18.4 Å². The molecule has 1 N–H and O–H groups in total. The van der Waals surface area contributed by atoms with Crippen molar-refractivity contribution in [2.24, 2.45) is 11.3 Å². The molecule has 1 aliphatic rings. The molecule has 1 aromatic carbocycles. The molecule has 1 aliphatic heterocycles. The number of amides is 2. The molecule has 1 heterocycles. The largest absolute Gasteiger partial charge is 0.342 e. The summed E-state index contributed by atoms with van der Waals surface area (Å²) in [7, 11) is 0. The van der Waals surface area contributed by atoms with Crippen molar-refractivity contribution in [3.05, 3.63) is 29.3 Å². The van der Waals surface area contributed by atoms with E-state index in [0.29, 0.717) is 5.92 Å². The summed E-state index contributed by atoms with van der Waals surface area (Å²) in [6, 6.07) is 6.10. The van der Waals surface area contributed by atoms with Crippen LogP contribution in [0.3, 0.4) is 0 Å². The van der Waals surface area contributed by atoms with Crippen molar-refractivity contribution in [3.8, 4) is 0 Å². The van der Waals surface area contributed by atoms with Gasteiger partial charge in [0.1, 0.15) is 5.41 Å². The lowest BCUT2D eigenvalue weighted by Gasteiger charge is -2.36. The van der Waals surface area contributed by atoms with Crippen LogP contribution in [0.25, 0.3) is 0 Å². The topological polar surface area (TPSA) is 49.4 Å². The van der Waals surface area contributed by atoms with Crippen LogP contribution in [0.5, 0.6) is 0 Å². The number of carbonyl (C=O) groups excluding carboxylic acids is 2. The van der Waals surface area contributed by atoms with Crippen molar-refractivity contribution in [3.63, 3.8) is 0 Å². The zero-order valence-electron chi connectivity index (χ0n) is 16.3. The number of piperidine rings is 1. The van der Waals surface area contributed by atoms with Gasteiger partial charge in [-0.15, -0.1) is 0 Å². The van der Waals surface area contributed by atoms with Gasteiger partial charge in [-0.2, -0.15) is 0 Å². The van der Waals surface area contributed by atoms with Gasteiger partial charge in [0.2, 0.25) is 11.8 Å². The van der Waals surface area contributed by atoms with Gasteiger partial charge in [0.05, 0.1) is 0 Å². The van der Waals surface area contributed by atoms with E-state index in [0.717, 1.165) is 55.6 Å². The second kappa shape index (κ2) is 8.03. The van der Waals surface area contributed by atoms with Gasteiger partial charge in [-0.25, -0.2) is 0 Å². The van der Waals surface area contributed by atoms with E-state index in [1.54, 1.807) is 13.8 Å². The standard InChI is InChI=1S/C21H32N2O2/c1-6-16-11-8-12-17(7-2)18(16)22-19(24)21(4,5)20(25)23-13-9-10-15(3)14-23/h8,11-12,15H,6-7,9-10,13-14H2,1-5H3,(H,22,24). The Kier molecular flexibility index (Phi) is 6.26. The van der Waals surface area contributed by atoms with Gasteiger partial charge >= 0.3 is 0 Å². The fourth-order valence-corrected chi connectivity index (χ4v) is 3.54. The van der Waals surface area contributed by atoms with E-state index in [2.05, 4.69) is 26.1 Å². The van der Waals surface area contributed by atoms with E-state index in [1.165, 1.54) is 0 Å². The number of nitrogens with one attached hydrogen (secondary N) is 1. The lowest BCUT2D eigenvalue weighted by Crippen LogP contribution is -2.50. The third-order valence-corrected chi connectivity index (χ3v) is 5.28. The molecule has 2 rings (SSSR count). The average Bonchev–Trinajstić information content (AvgIpc) is 2.60. The van der Waals surface area contributed by atoms with Crippen LogP contribution in [-0.2, 0) is 22.4 Å². The van der Waals surface area contributed by atoms with Crippen LogP contribution in [0.15, 0.2) is 18.2 Å². The average molecular weight is 344 g/mol. The molecule has 4 heteroatoms. The summed E-state index contributed by atoms with van der Waals surface area (Å²) >= 11 is 0. The number of anilines is 1. The minimum absolute atomic E-state index is 0.0661. The van der Waals surface area contributed by atoms with Gasteiger partial charge in [-0.3, -0.25) is 9.59 Å². The predicted octanol–water partition coefficient (Wildman–Crippen LogP) is 4.03. The summed E-state index contributed by atoms with van der Waals surface area (Å²) in [6.45, 7) is 11.3. The summed E-state index contributed by atoms with van der Waals surface area (Å²) in [5, 5.41) is 3.07.